The number of alkyl halides is 3. The summed E-state index contributed by atoms with van der Waals surface area (Å²) in [6, 6.07) is 11.0. The van der Waals surface area contributed by atoms with Crippen LogP contribution in [0.4, 0.5) is 28.0 Å². The topological polar surface area (TPSA) is 97.9 Å². The summed E-state index contributed by atoms with van der Waals surface area (Å²) in [5.41, 5.74) is -1.80. The van der Waals surface area contributed by atoms with Crippen molar-refractivity contribution >= 4 is 34.9 Å². The largest absolute Gasteiger partial charge is 0.444 e. The van der Waals surface area contributed by atoms with Crippen molar-refractivity contribution in [3.63, 3.8) is 0 Å². The van der Waals surface area contributed by atoms with Crippen molar-refractivity contribution in [1.29, 1.82) is 0 Å². The molecule has 1 aliphatic carbocycles. The van der Waals surface area contributed by atoms with E-state index in [4.69, 9.17) is 16.3 Å². The number of piperidine rings is 1. The number of carbonyl (C=O) groups is 2. The zero-order valence-electron chi connectivity index (χ0n) is 25.9. The zero-order chi connectivity index (χ0) is 33.9. The van der Waals surface area contributed by atoms with Crippen molar-refractivity contribution in [2.75, 3.05) is 18.4 Å². The Balaban J connectivity index is 1.40. The zero-order valence-corrected chi connectivity index (χ0v) is 26.6. The molecule has 2 aromatic carbocycles. The summed E-state index contributed by atoms with van der Waals surface area (Å²) < 4.78 is 63.7. The summed E-state index contributed by atoms with van der Waals surface area (Å²) >= 11 is 6.08. The number of hydrogen-bond acceptors (Lipinski definition) is 5. The molecule has 1 saturated heterocycles. The third-order valence-electron chi connectivity index (χ3n) is 8.74. The van der Waals surface area contributed by atoms with Gasteiger partial charge in [0.2, 0.25) is 5.91 Å². The van der Waals surface area contributed by atoms with Crippen LogP contribution in [0.3, 0.4) is 0 Å². The molecule has 248 valence electrons. The van der Waals surface area contributed by atoms with Crippen molar-refractivity contribution in [3.8, 4) is 11.3 Å². The predicted molar refractivity (Wildman–Crippen MR) is 167 cm³/mol. The summed E-state index contributed by atoms with van der Waals surface area (Å²) in [7, 11) is 0. The van der Waals surface area contributed by atoms with Crippen molar-refractivity contribution in [2.24, 2.45) is 0 Å². The van der Waals surface area contributed by atoms with E-state index in [9.17, 15) is 27.6 Å². The van der Waals surface area contributed by atoms with Gasteiger partial charge in [-0.3, -0.25) is 9.59 Å². The Kier molecular flexibility index (Phi) is 8.10. The minimum atomic E-state index is -4.62. The molecule has 2 amide bonds. The van der Waals surface area contributed by atoms with Crippen molar-refractivity contribution in [3.05, 3.63) is 86.5 Å². The van der Waals surface area contributed by atoms with E-state index >= 15 is 4.39 Å². The van der Waals surface area contributed by atoms with Crippen LogP contribution in [0.1, 0.15) is 56.9 Å². The van der Waals surface area contributed by atoms with E-state index in [0.29, 0.717) is 61.7 Å². The highest BCUT2D eigenvalue weighted by molar-refractivity contribution is 6.33. The number of aromatic nitrogens is 3. The fraction of sp³-hybridized carbons (Fsp3) is 0.394. The van der Waals surface area contributed by atoms with Crippen LogP contribution in [0.2, 0.25) is 5.02 Å². The molecule has 1 fully saturated rings. The SMILES string of the molecule is CC(C)(C)OC(=O)N1CCC2(CCc3c2c(=O)n2nc(-c4ccccc4)c(F)c2n3CC(=O)Nc2ccc(C(F)(F)F)cc2Cl)CC1. The summed E-state index contributed by atoms with van der Waals surface area (Å²) in [4.78, 5) is 42.0. The second-order valence-electron chi connectivity index (χ2n) is 13.0. The molecule has 2 aliphatic rings. The second kappa shape index (κ2) is 11.7. The number of benzene rings is 2. The number of amides is 2. The van der Waals surface area contributed by atoms with E-state index in [1.165, 1.54) is 4.57 Å². The van der Waals surface area contributed by atoms with Gasteiger partial charge in [0.25, 0.3) is 5.56 Å². The fourth-order valence-corrected chi connectivity index (χ4v) is 6.78. The highest BCUT2D eigenvalue weighted by atomic mass is 35.5. The molecule has 14 heteroatoms. The van der Waals surface area contributed by atoms with Gasteiger partial charge in [-0.1, -0.05) is 41.9 Å². The smallest absolute Gasteiger partial charge is 0.416 e. The molecule has 0 bridgehead atoms. The lowest BCUT2D eigenvalue weighted by atomic mass is 9.74. The Bertz CT molecular complexity index is 1940. The molecule has 6 rings (SSSR count). The normalized spacial score (nSPS) is 16.0. The number of likely N-dealkylation sites (tertiary alicyclic amines) is 1. The number of nitrogens with one attached hydrogen (secondary N) is 1. The van der Waals surface area contributed by atoms with Gasteiger partial charge in [0.15, 0.2) is 11.5 Å². The number of carbonyl (C=O) groups excluding carboxylic acids is 2. The lowest BCUT2D eigenvalue weighted by molar-refractivity contribution is -0.137. The molecule has 0 unspecified atom stereocenters. The molecule has 1 spiro atoms. The number of fused-ring (bicyclic) bond motifs is 3. The summed E-state index contributed by atoms with van der Waals surface area (Å²) in [6.45, 7) is 5.55. The molecule has 0 saturated carbocycles. The first-order valence-electron chi connectivity index (χ1n) is 15.1. The number of halogens is 5. The van der Waals surface area contributed by atoms with Gasteiger partial charge < -0.3 is 19.5 Å². The van der Waals surface area contributed by atoms with Crippen LogP contribution in [0.5, 0.6) is 0 Å². The standard InChI is InChI=1S/C33H32ClF4N5O4/c1-31(2,3)47-30(46)41-15-13-32(14-16-41)12-11-23-25(32)29(45)43-28(26(35)27(40-43)19-7-5-4-6-8-19)42(23)18-24(44)39-22-10-9-20(17-21(22)34)33(36,37)38/h4-10,17H,11-16,18H2,1-3H3,(H,39,44). The fourth-order valence-electron chi connectivity index (χ4n) is 6.55. The lowest BCUT2D eigenvalue weighted by Gasteiger charge is -2.39. The average molecular weight is 674 g/mol. The van der Waals surface area contributed by atoms with Crippen LogP contribution in [-0.4, -0.2) is 49.8 Å². The summed E-state index contributed by atoms with van der Waals surface area (Å²) in [5, 5.41) is 6.59. The van der Waals surface area contributed by atoms with Crippen LogP contribution in [0.25, 0.3) is 16.9 Å². The first-order valence-corrected chi connectivity index (χ1v) is 15.5. The Morgan fingerprint density at radius 2 is 1.72 bits per heavy atom. The Hall–Kier alpha value is -4.39. The Morgan fingerprint density at radius 1 is 1.04 bits per heavy atom. The molecule has 1 aliphatic heterocycles. The Morgan fingerprint density at radius 3 is 2.34 bits per heavy atom. The van der Waals surface area contributed by atoms with Crippen molar-refractivity contribution in [2.45, 2.75) is 70.2 Å². The first kappa shape index (κ1) is 32.5. The van der Waals surface area contributed by atoms with Crippen LogP contribution < -0.4 is 10.9 Å². The predicted octanol–water partition coefficient (Wildman–Crippen LogP) is 6.83. The van der Waals surface area contributed by atoms with E-state index in [1.807, 2.05) is 0 Å². The average Bonchev–Trinajstić information content (AvgIpc) is 3.54. The number of nitrogens with zero attached hydrogens (tertiary/aromatic N) is 4. The molecule has 1 N–H and O–H groups in total. The Labute approximate surface area is 272 Å². The third-order valence-corrected chi connectivity index (χ3v) is 9.06. The highest BCUT2D eigenvalue weighted by Crippen LogP contribution is 2.45. The monoisotopic (exact) mass is 673 g/mol. The van der Waals surface area contributed by atoms with Gasteiger partial charge in [-0.2, -0.15) is 22.8 Å². The molecular weight excluding hydrogens is 642 g/mol. The first-order chi connectivity index (χ1) is 22.1. The maximum absolute atomic E-state index is 16.3. The van der Waals surface area contributed by atoms with Gasteiger partial charge in [0, 0.05) is 35.3 Å². The molecule has 9 nitrogen and oxygen atoms in total. The van der Waals surface area contributed by atoms with E-state index in [-0.39, 0.29) is 22.1 Å². The van der Waals surface area contributed by atoms with Crippen LogP contribution >= 0.6 is 11.6 Å². The van der Waals surface area contributed by atoms with Crippen molar-refractivity contribution < 1.29 is 31.9 Å². The van der Waals surface area contributed by atoms with Gasteiger partial charge in [-0.05, 0) is 64.7 Å². The summed E-state index contributed by atoms with van der Waals surface area (Å²) in [5.74, 6) is -1.49. The number of ether oxygens (including phenoxy) is 1. The molecule has 2 aromatic heterocycles. The number of hydrogen-bond donors (Lipinski definition) is 1. The minimum absolute atomic E-state index is 0.0525. The van der Waals surface area contributed by atoms with Gasteiger partial charge in [-0.25, -0.2) is 9.18 Å². The van der Waals surface area contributed by atoms with E-state index in [2.05, 4.69) is 10.4 Å². The molecule has 4 aromatic rings. The summed E-state index contributed by atoms with van der Waals surface area (Å²) in [6.07, 6.45) is -3.28. The third kappa shape index (κ3) is 6.08. The molecule has 0 atom stereocenters. The maximum Gasteiger partial charge on any atom is 0.416 e. The molecular formula is C33H32ClF4N5O4. The number of anilines is 1. The van der Waals surface area contributed by atoms with E-state index in [1.54, 1.807) is 56.0 Å². The van der Waals surface area contributed by atoms with Gasteiger partial charge in [-0.15, -0.1) is 0 Å². The molecule has 0 radical (unpaired) electrons. The van der Waals surface area contributed by atoms with E-state index < -0.39 is 52.7 Å². The van der Waals surface area contributed by atoms with Crippen molar-refractivity contribution in [1.82, 2.24) is 19.1 Å². The molecule has 47 heavy (non-hydrogen) atoms. The highest BCUT2D eigenvalue weighted by Gasteiger charge is 2.47. The van der Waals surface area contributed by atoms with E-state index in [0.717, 1.165) is 16.6 Å². The van der Waals surface area contributed by atoms with Gasteiger partial charge in [0.05, 0.1) is 16.3 Å². The maximum atomic E-state index is 16.3. The lowest BCUT2D eigenvalue weighted by Crippen LogP contribution is -2.47. The van der Waals surface area contributed by atoms with Gasteiger partial charge in [0.1, 0.15) is 17.8 Å². The van der Waals surface area contributed by atoms with Crippen LogP contribution in [0.15, 0.2) is 53.3 Å². The number of rotatable bonds is 4. The van der Waals surface area contributed by atoms with Gasteiger partial charge >= 0.3 is 12.3 Å². The minimum Gasteiger partial charge on any atom is -0.444 e. The second-order valence-corrected chi connectivity index (χ2v) is 13.4. The van der Waals surface area contributed by atoms with Crippen LogP contribution in [0, 0.1) is 5.82 Å². The van der Waals surface area contributed by atoms with Crippen LogP contribution in [-0.2, 0) is 34.1 Å². The molecule has 3 heterocycles. The quantitative estimate of drug-likeness (QED) is 0.240.